The van der Waals surface area contributed by atoms with Crippen LogP contribution in [-0.4, -0.2) is 60.3 Å². The van der Waals surface area contributed by atoms with Crippen LogP contribution in [0, 0.1) is 5.41 Å². The molecule has 22 heavy (non-hydrogen) atoms. The summed E-state index contributed by atoms with van der Waals surface area (Å²) in [5.74, 6) is -0.502. The van der Waals surface area contributed by atoms with E-state index in [0.29, 0.717) is 0 Å². The highest BCUT2D eigenvalue weighted by molar-refractivity contribution is 7.83. The SMILES string of the molecule is CN=CC(=CNO)C(=O)NCC1N(S(=O)(=O)O)C(C)C12CC2. The number of amides is 1. The van der Waals surface area contributed by atoms with Crippen LogP contribution in [-0.2, 0) is 15.1 Å². The number of nitrogens with one attached hydrogen (secondary N) is 2. The fourth-order valence-electron chi connectivity index (χ4n) is 3.18. The van der Waals surface area contributed by atoms with Crippen molar-refractivity contribution >= 4 is 22.4 Å². The molecule has 2 fully saturated rings. The van der Waals surface area contributed by atoms with Crippen molar-refractivity contribution in [3.8, 4) is 0 Å². The molecule has 1 saturated carbocycles. The van der Waals surface area contributed by atoms with Crippen molar-refractivity contribution in [3.05, 3.63) is 11.8 Å². The zero-order valence-corrected chi connectivity index (χ0v) is 13.2. The number of hydrogen-bond donors (Lipinski definition) is 4. The summed E-state index contributed by atoms with van der Waals surface area (Å²) in [5.41, 5.74) is 1.70. The summed E-state index contributed by atoms with van der Waals surface area (Å²) in [6.07, 6.45) is 4.07. The topological polar surface area (TPSA) is 131 Å². The number of aliphatic imine (C=N–C) groups is 1. The van der Waals surface area contributed by atoms with Gasteiger partial charge in [-0.2, -0.15) is 12.7 Å². The Morgan fingerprint density at radius 1 is 1.50 bits per heavy atom. The molecule has 1 amide bonds. The average molecular weight is 332 g/mol. The van der Waals surface area contributed by atoms with Crippen molar-refractivity contribution in [2.24, 2.45) is 10.4 Å². The van der Waals surface area contributed by atoms with Crippen LogP contribution in [0.25, 0.3) is 0 Å². The minimum absolute atomic E-state index is 0.0866. The molecule has 0 aromatic rings. The fraction of sp³-hybridized carbons (Fsp3) is 0.667. The van der Waals surface area contributed by atoms with Gasteiger partial charge in [0.05, 0.1) is 11.6 Å². The van der Waals surface area contributed by atoms with Gasteiger partial charge in [0.2, 0.25) is 0 Å². The monoisotopic (exact) mass is 332 g/mol. The molecule has 2 unspecified atom stereocenters. The van der Waals surface area contributed by atoms with Gasteiger partial charge in [-0.3, -0.25) is 25.0 Å². The van der Waals surface area contributed by atoms with Crippen molar-refractivity contribution in [3.63, 3.8) is 0 Å². The van der Waals surface area contributed by atoms with E-state index in [1.54, 1.807) is 12.4 Å². The van der Waals surface area contributed by atoms with Gasteiger partial charge < -0.3 is 5.32 Å². The number of carbonyl (C=O) groups excluding carboxylic acids is 1. The van der Waals surface area contributed by atoms with E-state index in [1.807, 2.05) is 0 Å². The first-order valence-electron chi connectivity index (χ1n) is 6.84. The lowest BCUT2D eigenvalue weighted by molar-refractivity contribution is -0.118. The largest absolute Gasteiger partial charge is 0.350 e. The summed E-state index contributed by atoms with van der Waals surface area (Å²) in [7, 11) is -2.82. The first-order valence-corrected chi connectivity index (χ1v) is 8.23. The molecule has 1 aliphatic carbocycles. The van der Waals surface area contributed by atoms with E-state index < -0.39 is 22.3 Å². The standard InChI is InChI=1S/C12H20N4O5S/c1-8-12(3-4-12)10(16(8)22(19,20)21)7-14-11(17)9(5-13-2)6-15-18/h5-6,8,10,15,18H,3-4,7H2,1-2H3,(H,14,17)(H,19,20,21). The van der Waals surface area contributed by atoms with Crippen LogP contribution in [0.5, 0.6) is 0 Å². The third kappa shape index (κ3) is 2.86. The zero-order chi connectivity index (χ0) is 16.5. The minimum atomic E-state index is -4.30. The van der Waals surface area contributed by atoms with Crippen LogP contribution >= 0.6 is 0 Å². The fourth-order valence-corrected chi connectivity index (χ4v) is 4.40. The van der Waals surface area contributed by atoms with Gasteiger partial charge in [0.15, 0.2) is 0 Å². The third-order valence-electron chi connectivity index (χ3n) is 4.48. The molecule has 9 nitrogen and oxygen atoms in total. The summed E-state index contributed by atoms with van der Waals surface area (Å²) < 4.78 is 33.2. The maximum atomic E-state index is 12.0. The molecule has 2 aliphatic rings. The Labute approximate surface area is 128 Å². The van der Waals surface area contributed by atoms with Crippen LogP contribution < -0.4 is 10.8 Å². The Morgan fingerprint density at radius 3 is 2.59 bits per heavy atom. The predicted octanol–water partition coefficient (Wildman–Crippen LogP) is -0.678. The van der Waals surface area contributed by atoms with Gasteiger partial charge in [0.25, 0.3) is 5.91 Å². The number of hydroxylamine groups is 1. The molecule has 1 heterocycles. The molecule has 2 atom stereocenters. The Bertz CT molecular complexity index is 611. The van der Waals surface area contributed by atoms with Crippen molar-refractivity contribution in [2.45, 2.75) is 31.8 Å². The number of carbonyl (C=O) groups is 1. The quantitative estimate of drug-likeness (QED) is 0.221. The predicted molar refractivity (Wildman–Crippen MR) is 78.7 cm³/mol. The van der Waals surface area contributed by atoms with E-state index in [9.17, 15) is 17.8 Å². The second-order valence-corrected chi connectivity index (χ2v) is 6.88. The van der Waals surface area contributed by atoms with Gasteiger partial charge in [-0.1, -0.05) is 0 Å². The maximum absolute atomic E-state index is 12.0. The van der Waals surface area contributed by atoms with E-state index >= 15 is 0 Å². The molecule has 0 bridgehead atoms. The lowest BCUT2D eigenvalue weighted by Crippen LogP contribution is -2.69. The van der Waals surface area contributed by atoms with Crippen LogP contribution in [0.2, 0.25) is 0 Å². The van der Waals surface area contributed by atoms with E-state index in [2.05, 4.69) is 10.3 Å². The number of nitrogens with zero attached hydrogens (tertiary/aromatic N) is 2. The molecule has 1 saturated heterocycles. The zero-order valence-electron chi connectivity index (χ0n) is 12.4. The molecule has 0 aromatic carbocycles. The van der Waals surface area contributed by atoms with Gasteiger partial charge in [-0.15, -0.1) is 0 Å². The summed E-state index contributed by atoms with van der Waals surface area (Å²) in [5, 5.41) is 11.2. The highest BCUT2D eigenvalue weighted by Gasteiger charge is 2.68. The Morgan fingerprint density at radius 2 is 2.14 bits per heavy atom. The Hall–Kier alpha value is -1.49. The smallest absolute Gasteiger partial charge is 0.336 e. The highest BCUT2D eigenvalue weighted by Crippen LogP contribution is 2.62. The first-order chi connectivity index (χ1) is 10.3. The summed E-state index contributed by atoms with van der Waals surface area (Å²) in [6.45, 7) is 1.84. The number of rotatable bonds is 6. The molecular formula is C12H20N4O5S. The van der Waals surface area contributed by atoms with Gasteiger partial charge in [0.1, 0.15) is 0 Å². The molecule has 1 spiro atoms. The van der Waals surface area contributed by atoms with Crippen LogP contribution in [0.1, 0.15) is 19.8 Å². The maximum Gasteiger partial charge on any atom is 0.336 e. The summed E-state index contributed by atoms with van der Waals surface area (Å²) in [6, 6.07) is -0.723. The molecule has 0 radical (unpaired) electrons. The second-order valence-electron chi connectivity index (χ2n) is 5.56. The van der Waals surface area contributed by atoms with Crippen LogP contribution in [0.3, 0.4) is 0 Å². The second kappa shape index (κ2) is 5.95. The molecule has 4 N–H and O–H groups in total. The van der Waals surface area contributed by atoms with Crippen molar-refractivity contribution in [1.82, 2.24) is 15.1 Å². The van der Waals surface area contributed by atoms with Gasteiger partial charge in [0, 0.05) is 37.5 Å². The van der Waals surface area contributed by atoms with Crippen LogP contribution in [0.15, 0.2) is 16.8 Å². The first kappa shape index (κ1) is 16.9. The molecule has 0 aromatic heterocycles. The van der Waals surface area contributed by atoms with Crippen LogP contribution in [0.4, 0.5) is 0 Å². The number of hydrogen-bond acceptors (Lipinski definition) is 6. The summed E-state index contributed by atoms with van der Waals surface area (Å²) in [4.78, 5) is 15.7. The lowest BCUT2D eigenvalue weighted by atomic mass is 9.79. The van der Waals surface area contributed by atoms with Gasteiger partial charge >= 0.3 is 10.3 Å². The molecule has 10 heteroatoms. The lowest BCUT2D eigenvalue weighted by Gasteiger charge is -2.52. The summed E-state index contributed by atoms with van der Waals surface area (Å²) >= 11 is 0. The van der Waals surface area contributed by atoms with E-state index in [0.717, 1.165) is 23.3 Å². The molecule has 1 aliphatic heterocycles. The molecule has 2 rings (SSSR count). The third-order valence-corrected chi connectivity index (χ3v) is 5.59. The van der Waals surface area contributed by atoms with E-state index in [-0.39, 0.29) is 23.6 Å². The van der Waals surface area contributed by atoms with Crippen molar-refractivity contribution in [2.75, 3.05) is 13.6 Å². The van der Waals surface area contributed by atoms with Gasteiger partial charge in [-0.25, -0.2) is 0 Å². The van der Waals surface area contributed by atoms with E-state index in [4.69, 9.17) is 5.21 Å². The molecule has 124 valence electrons. The van der Waals surface area contributed by atoms with Gasteiger partial charge in [-0.05, 0) is 19.8 Å². The van der Waals surface area contributed by atoms with Crippen molar-refractivity contribution in [1.29, 1.82) is 0 Å². The van der Waals surface area contributed by atoms with E-state index in [1.165, 1.54) is 13.3 Å². The van der Waals surface area contributed by atoms with Crippen molar-refractivity contribution < 1.29 is 23.0 Å². The Balaban J connectivity index is 2.04. The molecular weight excluding hydrogens is 312 g/mol. The normalized spacial score (nSPS) is 27.7. The average Bonchev–Trinajstić information content (AvgIpc) is 3.23. The minimum Gasteiger partial charge on any atom is -0.350 e. The Kier molecular flexibility index (Phi) is 4.57. The highest BCUT2D eigenvalue weighted by atomic mass is 32.2.